The summed E-state index contributed by atoms with van der Waals surface area (Å²) in [5.74, 6) is 0. The Kier molecular flexibility index (Phi) is 5.05. The number of thiazole rings is 1. The molecule has 0 aliphatic carbocycles. The van der Waals surface area contributed by atoms with Crippen LogP contribution in [0.3, 0.4) is 0 Å². The van der Waals surface area contributed by atoms with Crippen LogP contribution in [0.15, 0.2) is 5.38 Å². The smallest absolute Gasteiger partial charge is 0.180 e. The maximum absolute atomic E-state index is 5.60. The lowest BCUT2D eigenvalue weighted by molar-refractivity contribution is 0.217. The second kappa shape index (κ2) is 6.08. The maximum Gasteiger partial charge on any atom is 0.180 e. The Balaban J connectivity index is 2.40. The number of likely N-dealkylation sites (N-methyl/N-ethyl adjacent to an activating group) is 1. The van der Waals surface area contributed by atoms with Crippen LogP contribution in [-0.4, -0.2) is 29.0 Å². The topological polar surface area (TPSA) is 42.1 Å². The molecule has 2 N–H and O–H groups in total. The van der Waals surface area contributed by atoms with E-state index >= 15 is 0 Å². The molecule has 0 aliphatic heterocycles. The highest BCUT2D eigenvalue weighted by atomic mass is 32.1. The largest absolute Gasteiger partial charge is 0.375 e. The number of nitrogens with two attached hydrogens (primary N) is 1. The maximum atomic E-state index is 5.60. The van der Waals surface area contributed by atoms with Crippen LogP contribution in [0.2, 0.25) is 0 Å². The fraction of sp³-hybridized carbons (Fsp3) is 0.727. The van der Waals surface area contributed by atoms with Crippen molar-refractivity contribution in [3.8, 4) is 0 Å². The summed E-state index contributed by atoms with van der Waals surface area (Å²) in [5.41, 5.74) is 6.72. The molecular formula is C11H21N3S. The summed E-state index contributed by atoms with van der Waals surface area (Å²) in [6.45, 7) is 8.90. The molecule has 1 aromatic rings. The first-order chi connectivity index (χ1) is 7.17. The molecule has 1 aromatic heterocycles. The van der Waals surface area contributed by atoms with E-state index in [0.717, 1.165) is 25.2 Å². The van der Waals surface area contributed by atoms with Crippen LogP contribution < -0.4 is 5.73 Å². The van der Waals surface area contributed by atoms with Gasteiger partial charge in [0.15, 0.2) is 5.13 Å². The van der Waals surface area contributed by atoms with E-state index in [1.54, 1.807) is 0 Å². The molecule has 0 spiro atoms. The monoisotopic (exact) mass is 227 g/mol. The lowest BCUT2D eigenvalue weighted by atomic mass is 10.2. The molecule has 1 unspecified atom stereocenters. The molecule has 86 valence electrons. The SMILES string of the molecule is CCC(C)N(CC)CCc1csc(N)n1. The number of nitrogens with zero attached hydrogens (tertiary/aromatic N) is 2. The summed E-state index contributed by atoms with van der Waals surface area (Å²) in [4.78, 5) is 6.75. The predicted molar refractivity (Wildman–Crippen MR) is 67.2 cm³/mol. The van der Waals surface area contributed by atoms with Gasteiger partial charge in [-0.05, 0) is 19.9 Å². The zero-order valence-electron chi connectivity index (χ0n) is 9.86. The number of hydrogen-bond acceptors (Lipinski definition) is 4. The molecule has 0 saturated carbocycles. The average molecular weight is 227 g/mol. The van der Waals surface area contributed by atoms with Crippen LogP contribution >= 0.6 is 11.3 Å². The molecule has 1 rings (SSSR count). The van der Waals surface area contributed by atoms with E-state index in [1.165, 1.54) is 17.8 Å². The summed E-state index contributed by atoms with van der Waals surface area (Å²) < 4.78 is 0. The third-order valence-corrected chi connectivity index (χ3v) is 3.57. The van der Waals surface area contributed by atoms with E-state index in [0.29, 0.717) is 11.2 Å². The lowest BCUT2D eigenvalue weighted by Crippen LogP contribution is -2.34. The first-order valence-electron chi connectivity index (χ1n) is 5.61. The van der Waals surface area contributed by atoms with Gasteiger partial charge in [0, 0.05) is 24.4 Å². The zero-order chi connectivity index (χ0) is 11.3. The second-order valence-corrected chi connectivity index (χ2v) is 4.70. The molecular weight excluding hydrogens is 206 g/mol. The van der Waals surface area contributed by atoms with Crippen LogP contribution in [0.25, 0.3) is 0 Å². The molecule has 15 heavy (non-hydrogen) atoms. The molecule has 0 saturated heterocycles. The van der Waals surface area contributed by atoms with E-state index in [2.05, 4.69) is 36.0 Å². The van der Waals surface area contributed by atoms with Crippen molar-refractivity contribution in [1.82, 2.24) is 9.88 Å². The van der Waals surface area contributed by atoms with Crippen molar-refractivity contribution in [2.24, 2.45) is 0 Å². The number of aromatic nitrogens is 1. The Morgan fingerprint density at radius 3 is 2.73 bits per heavy atom. The fourth-order valence-electron chi connectivity index (χ4n) is 1.64. The van der Waals surface area contributed by atoms with Crippen LogP contribution in [0.1, 0.15) is 32.9 Å². The summed E-state index contributed by atoms with van der Waals surface area (Å²) >= 11 is 1.53. The van der Waals surface area contributed by atoms with Gasteiger partial charge in [-0.3, -0.25) is 0 Å². The molecule has 1 atom stereocenters. The van der Waals surface area contributed by atoms with Gasteiger partial charge in [0.05, 0.1) is 5.69 Å². The number of nitrogen functional groups attached to an aromatic ring is 1. The van der Waals surface area contributed by atoms with E-state index in [1.807, 2.05) is 0 Å². The lowest BCUT2D eigenvalue weighted by Gasteiger charge is -2.26. The average Bonchev–Trinajstić information content (AvgIpc) is 2.64. The number of hydrogen-bond donors (Lipinski definition) is 1. The third kappa shape index (κ3) is 3.80. The Labute approximate surface area is 96.3 Å². The molecule has 0 aromatic carbocycles. The van der Waals surface area contributed by atoms with Gasteiger partial charge in [-0.2, -0.15) is 0 Å². The van der Waals surface area contributed by atoms with E-state index in [9.17, 15) is 0 Å². The number of rotatable bonds is 6. The minimum absolute atomic E-state index is 0.658. The number of anilines is 1. The predicted octanol–water partition coefficient (Wildman–Crippen LogP) is 2.39. The summed E-state index contributed by atoms with van der Waals surface area (Å²) in [6.07, 6.45) is 2.21. The third-order valence-electron chi connectivity index (χ3n) is 2.85. The van der Waals surface area contributed by atoms with Crippen molar-refractivity contribution < 1.29 is 0 Å². The van der Waals surface area contributed by atoms with E-state index in [4.69, 9.17) is 5.73 Å². The Hall–Kier alpha value is -0.610. The highest BCUT2D eigenvalue weighted by Crippen LogP contribution is 2.12. The van der Waals surface area contributed by atoms with E-state index in [-0.39, 0.29) is 0 Å². The molecule has 0 bridgehead atoms. The Morgan fingerprint density at radius 1 is 1.53 bits per heavy atom. The first kappa shape index (κ1) is 12.5. The molecule has 1 heterocycles. The standard InChI is InChI=1S/C11H21N3S/c1-4-9(3)14(5-2)7-6-10-8-15-11(12)13-10/h8-9H,4-7H2,1-3H3,(H2,12,13). The van der Waals surface area contributed by atoms with Gasteiger partial charge >= 0.3 is 0 Å². The van der Waals surface area contributed by atoms with Gasteiger partial charge < -0.3 is 10.6 Å². The summed E-state index contributed by atoms with van der Waals surface area (Å²) in [5, 5.41) is 2.73. The van der Waals surface area contributed by atoms with Crippen molar-refractivity contribution in [3.05, 3.63) is 11.1 Å². The van der Waals surface area contributed by atoms with Gasteiger partial charge in [-0.15, -0.1) is 11.3 Å². The van der Waals surface area contributed by atoms with Crippen LogP contribution in [-0.2, 0) is 6.42 Å². The van der Waals surface area contributed by atoms with Crippen molar-refractivity contribution in [2.45, 2.75) is 39.7 Å². The molecule has 3 nitrogen and oxygen atoms in total. The molecule has 4 heteroatoms. The molecule has 0 amide bonds. The van der Waals surface area contributed by atoms with Gasteiger partial charge in [0.25, 0.3) is 0 Å². The van der Waals surface area contributed by atoms with Crippen molar-refractivity contribution in [2.75, 3.05) is 18.8 Å². The molecule has 0 fully saturated rings. The molecule has 0 radical (unpaired) electrons. The highest BCUT2D eigenvalue weighted by molar-refractivity contribution is 7.13. The van der Waals surface area contributed by atoms with Crippen LogP contribution in [0.4, 0.5) is 5.13 Å². The van der Waals surface area contributed by atoms with Gasteiger partial charge in [0.2, 0.25) is 0 Å². The van der Waals surface area contributed by atoms with Gasteiger partial charge in [0.1, 0.15) is 0 Å². The molecule has 0 aliphatic rings. The van der Waals surface area contributed by atoms with Crippen molar-refractivity contribution >= 4 is 16.5 Å². The van der Waals surface area contributed by atoms with Crippen LogP contribution in [0, 0.1) is 0 Å². The van der Waals surface area contributed by atoms with Gasteiger partial charge in [-0.25, -0.2) is 4.98 Å². The minimum Gasteiger partial charge on any atom is -0.375 e. The van der Waals surface area contributed by atoms with Gasteiger partial charge in [-0.1, -0.05) is 13.8 Å². The first-order valence-corrected chi connectivity index (χ1v) is 6.49. The van der Waals surface area contributed by atoms with Crippen LogP contribution in [0.5, 0.6) is 0 Å². The zero-order valence-corrected chi connectivity index (χ0v) is 10.7. The Bertz CT molecular complexity index is 285. The van der Waals surface area contributed by atoms with E-state index < -0.39 is 0 Å². The second-order valence-electron chi connectivity index (χ2n) is 3.81. The minimum atomic E-state index is 0.658. The normalized spacial score (nSPS) is 13.3. The quantitative estimate of drug-likeness (QED) is 0.811. The van der Waals surface area contributed by atoms with Crippen molar-refractivity contribution in [1.29, 1.82) is 0 Å². The summed E-state index contributed by atoms with van der Waals surface area (Å²) in [7, 11) is 0. The van der Waals surface area contributed by atoms with Crippen molar-refractivity contribution in [3.63, 3.8) is 0 Å². The Morgan fingerprint density at radius 2 is 2.27 bits per heavy atom. The fourth-order valence-corrected chi connectivity index (χ4v) is 2.24. The highest BCUT2D eigenvalue weighted by Gasteiger charge is 2.10. The summed E-state index contributed by atoms with van der Waals surface area (Å²) in [6, 6.07) is 0.658.